The van der Waals surface area contributed by atoms with Gasteiger partial charge in [-0.05, 0) is 19.1 Å². The lowest BCUT2D eigenvalue weighted by Gasteiger charge is -2.09. The molecule has 2 amide bonds. The summed E-state index contributed by atoms with van der Waals surface area (Å²) in [5.41, 5.74) is -0.00593. The predicted octanol–water partition coefficient (Wildman–Crippen LogP) is 0.892. The zero-order valence-corrected chi connectivity index (χ0v) is 11.9. The van der Waals surface area contributed by atoms with Crippen molar-refractivity contribution in [2.75, 3.05) is 25.5 Å². The third kappa shape index (κ3) is 4.44. The summed E-state index contributed by atoms with van der Waals surface area (Å²) in [4.78, 5) is 33.7. The molecule has 0 atom stereocenters. The fraction of sp³-hybridized carbons (Fsp3) is 0.385. The second-order valence-corrected chi connectivity index (χ2v) is 4.17. The van der Waals surface area contributed by atoms with Crippen LogP contribution in [0.2, 0.25) is 0 Å². The van der Waals surface area contributed by atoms with Crippen molar-refractivity contribution >= 4 is 23.2 Å². The number of nitro benzene ring substituents is 1. The molecule has 0 radical (unpaired) electrons. The maximum Gasteiger partial charge on any atom is 0.305 e. The molecule has 0 fully saturated rings. The summed E-state index contributed by atoms with van der Waals surface area (Å²) in [7, 11) is 1.49. The number of nitrogens with one attached hydrogen (secondary N) is 3. The Bertz CT molecular complexity index is 545. The lowest BCUT2D eigenvalue weighted by atomic mass is 10.1. The number of nitrogens with zero attached hydrogens (tertiary/aromatic N) is 1. The topological polar surface area (TPSA) is 113 Å². The van der Waals surface area contributed by atoms with E-state index in [-0.39, 0.29) is 30.1 Å². The summed E-state index contributed by atoms with van der Waals surface area (Å²) >= 11 is 0. The Hall–Kier alpha value is -2.64. The largest absolute Gasteiger partial charge is 0.380 e. The molecule has 1 aromatic rings. The van der Waals surface area contributed by atoms with Gasteiger partial charge in [0, 0.05) is 26.6 Å². The van der Waals surface area contributed by atoms with Crippen molar-refractivity contribution in [2.45, 2.75) is 13.3 Å². The number of para-hydroxylation sites is 1. The van der Waals surface area contributed by atoms with Crippen molar-refractivity contribution in [3.8, 4) is 0 Å². The van der Waals surface area contributed by atoms with Gasteiger partial charge < -0.3 is 16.0 Å². The van der Waals surface area contributed by atoms with Crippen LogP contribution in [0.3, 0.4) is 0 Å². The van der Waals surface area contributed by atoms with Gasteiger partial charge in [-0.2, -0.15) is 0 Å². The number of hydrogen-bond acceptors (Lipinski definition) is 5. The van der Waals surface area contributed by atoms with Gasteiger partial charge in [0.25, 0.3) is 5.91 Å². The first-order valence-electron chi connectivity index (χ1n) is 6.51. The van der Waals surface area contributed by atoms with E-state index in [0.29, 0.717) is 12.2 Å². The van der Waals surface area contributed by atoms with E-state index in [4.69, 9.17) is 0 Å². The van der Waals surface area contributed by atoms with Crippen LogP contribution in [-0.4, -0.2) is 36.9 Å². The third-order valence-corrected chi connectivity index (χ3v) is 2.75. The molecule has 1 rings (SSSR count). The molecule has 1 aromatic carbocycles. The van der Waals surface area contributed by atoms with Gasteiger partial charge in [-0.1, -0.05) is 6.07 Å². The van der Waals surface area contributed by atoms with Crippen molar-refractivity contribution in [3.63, 3.8) is 0 Å². The molecule has 8 nitrogen and oxygen atoms in total. The number of anilines is 1. The second-order valence-electron chi connectivity index (χ2n) is 4.17. The second kappa shape index (κ2) is 7.83. The summed E-state index contributed by atoms with van der Waals surface area (Å²) in [5, 5.41) is 18.9. The molecule has 0 aliphatic rings. The van der Waals surface area contributed by atoms with Crippen LogP contribution in [0.15, 0.2) is 18.2 Å². The lowest BCUT2D eigenvalue weighted by molar-refractivity contribution is -0.384. The van der Waals surface area contributed by atoms with Crippen LogP contribution in [0.5, 0.6) is 0 Å². The smallest absolute Gasteiger partial charge is 0.305 e. The average molecular weight is 294 g/mol. The number of benzene rings is 1. The summed E-state index contributed by atoms with van der Waals surface area (Å²) in [6, 6.07) is 4.50. The van der Waals surface area contributed by atoms with Crippen molar-refractivity contribution in [3.05, 3.63) is 33.9 Å². The number of rotatable bonds is 7. The summed E-state index contributed by atoms with van der Waals surface area (Å²) in [6.07, 6.45) is 0.114. The Morgan fingerprint density at radius 2 is 2.05 bits per heavy atom. The van der Waals surface area contributed by atoms with Gasteiger partial charge in [-0.25, -0.2) is 0 Å². The van der Waals surface area contributed by atoms with Gasteiger partial charge in [-0.15, -0.1) is 0 Å². The number of nitro groups is 1. The monoisotopic (exact) mass is 294 g/mol. The van der Waals surface area contributed by atoms with Gasteiger partial charge in [0.15, 0.2) is 0 Å². The SMILES string of the molecule is CCNc1cccc(C(=O)NCCC(=O)NC)c1[N+](=O)[O-]. The molecular formula is C13H18N4O4. The maximum atomic E-state index is 12.0. The van der Waals surface area contributed by atoms with Gasteiger partial charge >= 0.3 is 5.69 Å². The molecule has 0 heterocycles. The Balaban J connectivity index is 2.90. The number of carbonyl (C=O) groups excluding carboxylic acids is 2. The van der Waals surface area contributed by atoms with E-state index in [9.17, 15) is 19.7 Å². The zero-order valence-electron chi connectivity index (χ0n) is 11.9. The van der Waals surface area contributed by atoms with Crippen LogP contribution >= 0.6 is 0 Å². The molecule has 3 N–H and O–H groups in total. The molecule has 0 unspecified atom stereocenters. The minimum Gasteiger partial charge on any atom is -0.380 e. The molecular weight excluding hydrogens is 276 g/mol. The van der Waals surface area contributed by atoms with Crippen LogP contribution in [-0.2, 0) is 4.79 Å². The van der Waals surface area contributed by atoms with Gasteiger partial charge in [-0.3, -0.25) is 19.7 Å². The highest BCUT2D eigenvalue weighted by molar-refractivity contribution is 6.00. The van der Waals surface area contributed by atoms with Crippen LogP contribution in [0.1, 0.15) is 23.7 Å². The highest BCUT2D eigenvalue weighted by Gasteiger charge is 2.24. The molecule has 0 spiro atoms. The third-order valence-electron chi connectivity index (χ3n) is 2.75. The van der Waals surface area contributed by atoms with Crippen LogP contribution in [0.4, 0.5) is 11.4 Å². The molecule has 0 aliphatic carbocycles. The molecule has 0 aromatic heterocycles. The number of carbonyl (C=O) groups is 2. The zero-order chi connectivity index (χ0) is 15.8. The highest BCUT2D eigenvalue weighted by atomic mass is 16.6. The Labute approximate surface area is 122 Å². The average Bonchev–Trinajstić information content (AvgIpc) is 2.46. The highest BCUT2D eigenvalue weighted by Crippen LogP contribution is 2.28. The molecule has 0 aliphatic heterocycles. The standard InChI is InChI=1S/C13H18N4O4/c1-3-15-10-6-4-5-9(12(10)17(20)21)13(19)16-8-7-11(18)14-2/h4-6,15H,3,7-8H2,1-2H3,(H,14,18)(H,16,19). The van der Waals surface area contributed by atoms with E-state index in [2.05, 4.69) is 16.0 Å². The molecule has 0 saturated carbocycles. The van der Waals surface area contributed by atoms with E-state index < -0.39 is 10.8 Å². The van der Waals surface area contributed by atoms with Gasteiger partial charge in [0.1, 0.15) is 11.3 Å². The molecule has 8 heteroatoms. The van der Waals surface area contributed by atoms with Crippen LogP contribution in [0, 0.1) is 10.1 Å². The first-order valence-corrected chi connectivity index (χ1v) is 6.51. The molecule has 114 valence electrons. The lowest BCUT2D eigenvalue weighted by Crippen LogP contribution is -2.29. The Morgan fingerprint density at radius 3 is 2.62 bits per heavy atom. The van der Waals surface area contributed by atoms with E-state index in [1.165, 1.54) is 13.1 Å². The van der Waals surface area contributed by atoms with E-state index in [0.717, 1.165) is 0 Å². The minimum absolute atomic E-state index is 0.0321. The Kier molecular flexibility index (Phi) is 6.12. The summed E-state index contributed by atoms with van der Waals surface area (Å²) in [5.74, 6) is -0.795. The summed E-state index contributed by atoms with van der Waals surface area (Å²) in [6.45, 7) is 2.42. The first-order chi connectivity index (χ1) is 10.0. The Morgan fingerprint density at radius 1 is 1.33 bits per heavy atom. The molecule has 21 heavy (non-hydrogen) atoms. The quantitative estimate of drug-likeness (QED) is 0.510. The number of amides is 2. The van der Waals surface area contributed by atoms with Crippen LogP contribution in [0.25, 0.3) is 0 Å². The van der Waals surface area contributed by atoms with Crippen molar-refractivity contribution in [1.82, 2.24) is 10.6 Å². The molecule has 0 bridgehead atoms. The normalized spacial score (nSPS) is 9.81. The van der Waals surface area contributed by atoms with E-state index >= 15 is 0 Å². The summed E-state index contributed by atoms with van der Waals surface area (Å²) < 4.78 is 0. The van der Waals surface area contributed by atoms with E-state index in [1.807, 2.05) is 0 Å². The van der Waals surface area contributed by atoms with Crippen LogP contribution < -0.4 is 16.0 Å². The predicted molar refractivity (Wildman–Crippen MR) is 78.3 cm³/mol. The van der Waals surface area contributed by atoms with Crippen molar-refractivity contribution in [2.24, 2.45) is 0 Å². The molecule has 0 saturated heterocycles. The maximum absolute atomic E-state index is 12.0. The minimum atomic E-state index is -0.592. The van der Waals surface area contributed by atoms with Crippen molar-refractivity contribution in [1.29, 1.82) is 0 Å². The van der Waals surface area contributed by atoms with Gasteiger partial charge in [0.2, 0.25) is 5.91 Å². The van der Waals surface area contributed by atoms with E-state index in [1.54, 1.807) is 19.1 Å². The fourth-order valence-electron chi connectivity index (χ4n) is 1.77. The van der Waals surface area contributed by atoms with Gasteiger partial charge in [0.05, 0.1) is 4.92 Å². The number of hydrogen-bond donors (Lipinski definition) is 3. The fourth-order valence-corrected chi connectivity index (χ4v) is 1.77. The first kappa shape index (κ1) is 16.4. The van der Waals surface area contributed by atoms with Crippen molar-refractivity contribution < 1.29 is 14.5 Å².